The van der Waals surface area contributed by atoms with Gasteiger partial charge in [0, 0.05) is 11.1 Å². The van der Waals surface area contributed by atoms with Gasteiger partial charge in [-0.3, -0.25) is 0 Å². The Morgan fingerprint density at radius 1 is 0.694 bits per heavy atom. The van der Waals surface area contributed by atoms with Crippen LogP contribution < -0.4 is 9.06 Å². The molecule has 0 N–H and O–H groups in total. The van der Waals surface area contributed by atoms with Gasteiger partial charge in [-0.25, -0.2) is 17.6 Å². The third-order valence-corrected chi connectivity index (χ3v) is 7.48. The van der Waals surface area contributed by atoms with Crippen LogP contribution in [0.5, 0.6) is 0 Å². The van der Waals surface area contributed by atoms with Gasteiger partial charge in [0.25, 0.3) is 0 Å². The quantitative estimate of drug-likeness (QED) is 0.239. The number of benzene rings is 2. The molecule has 0 spiro atoms. The summed E-state index contributed by atoms with van der Waals surface area (Å²) in [6.07, 6.45) is 0. The van der Waals surface area contributed by atoms with E-state index in [0.717, 1.165) is 46.9 Å². The molecule has 0 saturated carbocycles. The zero-order valence-electron chi connectivity index (χ0n) is 17.7. The zero-order valence-corrected chi connectivity index (χ0v) is 19.4. The fraction of sp³-hybridized carbons (Fsp3) is 0. The number of hydrogen-bond acceptors (Lipinski definition) is 4. The van der Waals surface area contributed by atoms with Gasteiger partial charge in [-0.2, -0.15) is 20.2 Å². The van der Waals surface area contributed by atoms with Crippen molar-refractivity contribution >= 4 is 34.1 Å². The van der Waals surface area contributed by atoms with Crippen LogP contribution in [0.15, 0.2) is 48.5 Å². The van der Waals surface area contributed by atoms with Crippen LogP contribution in [-0.2, 0) is 0 Å². The molecule has 4 nitrogen and oxygen atoms in total. The molecule has 2 heterocycles. The average molecular weight is 517 g/mol. The number of nitriles is 2. The molecule has 0 saturated heterocycles. The molecule has 4 aromatic rings. The first-order valence-corrected chi connectivity index (χ1v) is 11.4. The third kappa shape index (κ3) is 4.13. The first kappa shape index (κ1) is 24.4. The Kier molecular flexibility index (Phi) is 6.68. The van der Waals surface area contributed by atoms with Gasteiger partial charge in [-0.05, 0) is 36.4 Å². The monoisotopic (exact) mass is 516 g/mol. The second-order valence-corrected chi connectivity index (χ2v) is 9.15. The van der Waals surface area contributed by atoms with Crippen molar-refractivity contribution in [2.75, 3.05) is 0 Å². The molecule has 0 aliphatic heterocycles. The first-order chi connectivity index (χ1) is 17.3. The van der Waals surface area contributed by atoms with Crippen molar-refractivity contribution in [1.82, 2.24) is 0 Å². The number of hydrogen-bond donors (Lipinski definition) is 0. The van der Waals surface area contributed by atoms with Gasteiger partial charge < -0.3 is 0 Å². The van der Waals surface area contributed by atoms with E-state index < -0.39 is 34.4 Å². The van der Waals surface area contributed by atoms with Crippen molar-refractivity contribution < 1.29 is 17.6 Å². The summed E-state index contributed by atoms with van der Waals surface area (Å²) in [5.41, 5.74) is -1.33. The van der Waals surface area contributed by atoms with Crippen LogP contribution in [0.1, 0.15) is 0 Å². The molecule has 0 unspecified atom stereocenters. The SMILES string of the molecule is [C-]#[N+]C([N+]#[C-])=c1cc(-c2c(F)cccc2F)/c(=c2\sc(=C(C#N)C#N)cc2-c2c(F)cccc2F)s1. The standard InChI is InChI=1S/C26H8F4N4S2/c1-33-26(34-2)21-10-15(23-18(29)7-4-8-19(23)30)25(36-21)24-14(9-20(35-24)13(11-31)12-32)22-16(27)5-3-6-17(22)28/h3-10H/b25-24+. The van der Waals surface area contributed by atoms with Gasteiger partial charge in [-0.1, -0.05) is 12.1 Å². The zero-order chi connectivity index (χ0) is 26.0. The van der Waals surface area contributed by atoms with Crippen molar-refractivity contribution in [2.45, 2.75) is 0 Å². The van der Waals surface area contributed by atoms with Gasteiger partial charge in [0.05, 0.1) is 24.7 Å². The molecule has 0 radical (unpaired) electrons. The summed E-state index contributed by atoms with van der Waals surface area (Å²) in [7, 11) is 0. The predicted molar refractivity (Wildman–Crippen MR) is 128 cm³/mol. The molecule has 4 rings (SSSR count). The number of rotatable bonds is 2. The van der Waals surface area contributed by atoms with Crippen LogP contribution in [-0.4, -0.2) is 0 Å². The molecule has 0 amide bonds. The summed E-state index contributed by atoms with van der Waals surface area (Å²) < 4.78 is 59.7. The van der Waals surface area contributed by atoms with Gasteiger partial charge in [-0.15, -0.1) is 22.7 Å². The molecule has 0 bridgehead atoms. The van der Waals surface area contributed by atoms with E-state index in [0.29, 0.717) is 0 Å². The molecule has 0 fully saturated rings. The smallest absolute Gasteiger partial charge is 0.206 e. The first-order valence-electron chi connectivity index (χ1n) is 9.81. The van der Waals surface area contributed by atoms with Crippen molar-refractivity contribution in [2.24, 2.45) is 0 Å². The van der Waals surface area contributed by atoms with Crippen LogP contribution in [0.2, 0.25) is 0 Å². The van der Waals surface area contributed by atoms with E-state index in [4.69, 9.17) is 13.1 Å². The molecular weight excluding hydrogens is 508 g/mol. The van der Waals surface area contributed by atoms with Gasteiger partial charge >= 0.3 is 5.82 Å². The summed E-state index contributed by atoms with van der Waals surface area (Å²) in [5.74, 6) is -4.07. The molecule has 172 valence electrons. The Balaban J connectivity index is 2.40. The summed E-state index contributed by atoms with van der Waals surface area (Å²) >= 11 is 1.66. The van der Waals surface area contributed by atoms with Gasteiger partial charge in [0.1, 0.15) is 58.7 Å². The van der Waals surface area contributed by atoms with E-state index >= 15 is 0 Å². The molecule has 0 aliphatic carbocycles. The molecule has 2 aromatic heterocycles. The maximum Gasteiger partial charge on any atom is 0.536 e. The van der Waals surface area contributed by atoms with Crippen LogP contribution in [0.25, 0.3) is 43.3 Å². The molecule has 0 atom stereocenters. The third-order valence-electron chi connectivity index (χ3n) is 5.04. The highest BCUT2D eigenvalue weighted by Crippen LogP contribution is 2.33. The van der Waals surface area contributed by atoms with Crippen LogP contribution in [0.4, 0.5) is 17.6 Å². The minimum absolute atomic E-state index is 0.0442. The Morgan fingerprint density at radius 3 is 1.47 bits per heavy atom. The predicted octanol–water partition coefficient (Wildman–Crippen LogP) is 6.09. The lowest BCUT2D eigenvalue weighted by Gasteiger charge is -2.04. The highest BCUT2D eigenvalue weighted by molar-refractivity contribution is 7.12. The number of nitrogens with zero attached hydrogens (tertiary/aromatic N) is 4. The lowest BCUT2D eigenvalue weighted by atomic mass is 10.0. The van der Waals surface area contributed by atoms with E-state index in [9.17, 15) is 28.1 Å². The summed E-state index contributed by atoms with van der Waals surface area (Å²) in [6.45, 7) is 14.5. The minimum Gasteiger partial charge on any atom is -0.206 e. The molecular formula is C26H8F4N4S2. The van der Waals surface area contributed by atoms with Crippen LogP contribution >= 0.6 is 22.7 Å². The Bertz CT molecular complexity index is 1730. The number of thiophene rings is 2. The maximum atomic E-state index is 14.8. The summed E-state index contributed by atoms with van der Waals surface area (Å²) in [6, 6.07) is 12.4. The lowest BCUT2D eigenvalue weighted by Crippen LogP contribution is -1.95. The normalized spacial score (nSPS) is 11.1. The second kappa shape index (κ2) is 9.86. The van der Waals surface area contributed by atoms with Crippen LogP contribution in [0, 0.1) is 68.1 Å². The van der Waals surface area contributed by atoms with E-state index in [2.05, 4.69) is 9.69 Å². The Labute approximate surface area is 209 Å². The van der Waals surface area contributed by atoms with Crippen LogP contribution in [0.3, 0.4) is 0 Å². The number of halogens is 4. The lowest BCUT2D eigenvalue weighted by molar-refractivity contribution is 0.588. The van der Waals surface area contributed by atoms with Crippen molar-refractivity contribution in [1.29, 1.82) is 10.5 Å². The average Bonchev–Trinajstić information content (AvgIpc) is 3.46. The summed E-state index contributed by atoms with van der Waals surface area (Å²) in [5, 5.41) is 18.7. The highest BCUT2D eigenvalue weighted by Gasteiger charge is 2.21. The molecule has 36 heavy (non-hydrogen) atoms. The minimum atomic E-state index is -0.930. The van der Waals surface area contributed by atoms with Crippen molar-refractivity contribution in [3.63, 3.8) is 0 Å². The van der Waals surface area contributed by atoms with E-state index in [-0.39, 0.29) is 40.7 Å². The Morgan fingerprint density at radius 2 is 1.08 bits per heavy atom. The molecule has 2 aromatic carbocycles. The largest absolute Gasteiger partial charge is 0.536 e. The highest BCUT2D eigenvalue weighted by atomic mass is 32.1. The maximum absolute atomic E-state index is 14.8. The van der Waals surface area contributed by atoms with Crippen molar-refractivity contribution in [3.8, 4) is 34.4 Å². The fourth-order valence-corrected chi connectivity index (χ4v) is 5.87. The molecule has 10 heteroatoms. The van der Waals surface area contributed by atoms with Crippen molar-refractivity contribution in [3.05, 3.63) is 113 Å². The summed E-state index contributed by atoms with van der Waals surface area (Å²) in [4.78, 5) is 6.32. The van der Waals surface area contributed by atoms with Gasteiger partial charge in [0.2, 0.25) is 0 Å². The Hall–Kier alpha value is -4.74. The van der Waals surface area contributed by atoms with E-state index in [1.165, 1.54) is 24.3 Å². The molecule has 0 aliphatic rings. The second-order valence-electron chi connectivity index (χ2n) is 7.05. The van der Waals surface area contributed by atoms with Gasteiger partial charge in [0.15, 0.2) is 0 Å². The topological polar surface area (TPSA) is 56.3 Å². The van der Waals surface area contributed by atoms with E-state index in [1.54, 1.807) is 12.1 Å². The fourth-order valence-electron chi connectivity index (χ4n) is 3.50. The van der Waals surface area contributed by atoms with E-state index in [1.807, 2.05) is 0 Å².